The van der Waals surface area contributed by atoms with Crippen LogP contribution in [0.3, 0.4) is 0 Å². The number of hydrogen-bond donors (Lipinski definition) is 1. The van der Waals surface area contributed by atoms with Crippen molar-refractivity contribution in [3.63, 3.8) is 0 Å². The lowest BCUT2D eigenvalue weighted by molar-refractivity contribution is 0.156. The molecule has 0 amide bonds. The van der Waals surface area contributed by atoms with Gasteiger partial charge in [-0.25, -0.2) is 0 Å². The first-order valence-corrected chi connectivity index (χ1v) is 6.63. The van der Waals surface area contributed by atoms with E-state index in [0.717, 1.165) is 31.4 Å². The molecule has 1 aromatic heterocycles. The first kappa shape index (κ1) is 12.0. The Morgan fingerprint density at radius 1 is 1.26 bits per heavy atom. The predicted molar refractivity (Wildman–Crippen MR) is 72.6 cm³/mol. The Kier molecular flexibility index (Phi) is 3.10. The second-order valence-electron chi connectivity index (χ2n) is 5.06. The fourth-order valence-corrected chi connectivity index (χ4v) is 2.76. The number of nitriles is 1. The molecule has 96 valence electrons. The molecule has 1 aliphatic rings. The summed E-state index contributed by atoms with van der Waals surface area (Å²) in [7, 11) is 0. The summed E-state index contributed by atoms with van der Waals surface area (Å²) in [6.45, 7) is 0.799. The van der Waals surface area contributed by atoms with E-state index in [1.165, 1.54) is 11.3 Å². The first-order valence-electron chi connectivity index (χ1n) is 6.63. The molecule has 0 aliphatic heterocycles. The van der Waals surface area contributed by atoms with Crippen LogP contribution < -0.4 is 0 Å². The van der Waals surface area contributed by atoms with Crippen LogP contribution in [0.2, 0.25) is 0 Å². The molecule has 3 rings (SSSR count). The number of aromatic nitrogens is 1. The van der Waals surface area contributed by atoms with E-state index < -0.39 is 0 Å². The van der Waals surface area contributed by atoms with Crippen LogP contribution in [-0.4, -0.2) is 9.67 Å². The molecule has 0 fully saturated rings. The lowest BCUT2D eigenvalue weighted by Crippen LogP contribution is -2.12. The fraction of sp³-hybridized carbons (Fsp3) is 0.312. The van der Waals surface area contributed by atoms with Crippen molar-refractivity contribution in [1.82, 2.24) is 4.57 Å². The van der Waals surface area contributed by atoms with E-state index in [1.54, 1.807) is 0 Å². The highest BCUT2D eigenvalue weighted by atomic mass is 16.3. The molecule has 1 unspecified atom stereocenters. The van der Waals surface area contributed by atoms with Gasteiger partial charge in [-0.1, -0.05) is 12.1 Å². The highest BCUT2D eigenvalue weighted by molar-refractivity contribution is 5.33. The molecule has 0 saturated carbocycles. The number of nitrogens with zero attached hydrogens (tertiary/aromatic N) is 2. The SMILES string of the molecule is N#Cc1ccc(Cn2ccc3c2CCCC3O)cc1. The number of benzene rings is 1. The van der Waals surface area contributed by atoms with Crippen LogP contribution in [0.1, 0.15) is 41.3 Å². The molecule has 3 nitrogen and oxygen atoms in total. The van der Waals surface area contributed by atoms with E-state index in [-0.39, 0.29) is 6.10 Å². The van der Waals surface area contributed by atoms with Gasteiger partial charge in [-0.2, -0.15) is 5.26 Å². The quantitative estimate of drug-likeness (QED) is 0.893. The second-order valence-corrected chi connectivity index (χ2v) is 5.06. The molecule has 1 aliphatic carbocycles. The molecule has 3 heteroatoms. The van der Waals surface area contributed by atoms with Crippen LogP contribution in [0, 0.1) is 11.3 Å². The summed E-state index contributed by atoms with van der Waals surface area (Å²) in [6, 6.07) is 11.8. The molecular weight excluding hydrogens is 236 g/mol. The van der Waals surface area contributed by atoms with Crippen molar-refractivity contribution in [1.29, 1.82) is 5.26 Å². The largest absolute Gasteiger partial charge is 0.388 e. The average molecular weight is 252 g/mol. The van der Waals surface area contributed by atoms with Gasteiger partial charge < -0.3 is 9.67 Å². The summed E-state index contributed by atoms with van der Waals surface area (Å²) in [5.74, 6) is 0. The van der Waals surface area contributed by atoms with Gasteiger partial charge in [0.25, 0.3) is 0 Å². The van der Waals surface area contributed by atoms with Crippen LogP contribution >= 0.6 is 0 Å². The first-order chi connectivity index (χ1) is 9.28. The zero-order valence-electron chi connectivity index (χ0n) is 10.7. The van der Waals surface area contributed by atoms with Crippen molar-refractivity contribution in [3.8, 4) is 6.07 Å². The Morgan fingerprint density at radius 2 is 2.05 bits per heavy atom. The van der Waals surface area contributed by atoms with E-state index in [4.69, 9.17) is 5.26 Å². The molecule has 1 N–H and O–H groups in total. The summed E-state index contributed by atoms with van der Waals surface area (Å²) in [4.78, 5) is 0. The Morgan fingerprint density at radius 3 is 2.79 bits per heavy atom. The van der Waals surface area contributed by atoms with Gasteiger partial charge in [0.1, 0.15) is 0 Å². The molecule has 0 bridgehead atoms. The number of fused-ring (bicyclic) bond motifs is 1. The van der Waals surface area contributed by atoms with E-state index in [0.29, 0.717) is 5.56 Å². The van der Waals surface area contributed by atoms with Gasteiger partial charge >= 0.3 is 0 Å². The molecular formula is C16H16N2O. The second kappa shape index (κ2) is 4.91. The minimum absolute atomic E-state index is 0.300. The standard InChI is InChI=1S/C16H16N2O/c17-10-12-4-6-13(7-5-12)11-18-9-8-14-15(18)2-1-3-16(14)19/h4-9,16,19H,1-3,11H2. The highest BCUT2D eigenvalue weighted by Gasteiger charge is 2.20. The molecule has 0 spiro atoms. The van der Waals surface area contributed by atoms with Crippen molar-refractivity contribution in [2.24, 2.45) is 0 Å². The lowest BCUT2D eigenvalue weighted by Gasteiger charge is -2.20. The fourth-order valence-electron chi connectivity index (χ4n) is 2.76. The number of rotatable bonds is 2. The highest BCUT2D eigenvalue weighted by Crippen LogP contribution is 2.30. The summed E-state index contributed by atoms with van der Waals surface area (Å²) < 4.78 is 2.21. The van der Waals surface area contributed by atoms with E-state index in [2.05, 4.69) is 16.8 Å². The summed E-state index contributed by atoms with van der Waals surface area (Å²) >= 11 is 0. The third-order valence-electron chi connectivity index (χ3n) is 3.80. The molecule has 19 heavy (non-hydrogen) atoms. The molecule has 1 atom stereocenters. The predicted octanol–water partition coefficient (Wildman–Crippen LogP) is 2.78. The van der Waals surface area contributed by atoms with Gasteiger partial charge in [-0.3, -0.25) is 0 Å². The zero-order valence-corrected chi connectivity index (χ0v) is 10.7. The van der Waals surface area contributed by atoms with Gasteiger partial charge in [-0.15, -0.1) is 0 Å². The van der Waals surface area contributed by atoms with Crippen molar-refractivity contribution in [2.45, 2.75) is 31.9 Å². The maximum Gasteiger partial charge on any atom is 0.0991 e. The van der Waals surface area contributed by atoms with Crippen LogP contribution in [0.5, 0.6) is 0 Å². The lowest BCUT2D eigenvalue weighted by atomic mass is 9.95. The third-order valence-corrected chi connectivity index (χ3v) is 3.80. The molecule has 1 heterocycles. The van der Waals surface area contributed by atoms with Crippen molar-refractivity contribution in [2.75, 3.05) is 0 Å². The Hall–Kier alpha value is -2.05. The summed E-state index contributed by atoms with van der Waals surface area (Å²) in [6.07, 6.45) is 4.71. The third kappa shape index (κ3) is 2.27. The monoisotopic (exact) mass is 252 g/mol. The normalized spacial score (nSPS) is 17.8. The van der Waals surface area contributed by atoms with Crippen LogP contribution in [0.15, 0.2) is 36.5 Å². The molecule has 2 aromatic rings. The van der Waals surface area contributed by atoms with Gasteiger partial charge in [-0.05, 0) is 43.0 Å². The van der Waals surface area contributed by atoms with E-state index in [1.807, 2.05) is 30.3 Å². The average Bonchev–Trinajstić information content (AvgIpc) is 2.84. The zero-order chi connectivity index (χ0) is 13.2. The molecule has 0 saturated heterocycles. The maximum absolute atomic E-state index is 9.96. The van der Waals surface area contributed by atoms with Gasteiger partial charge in [0.2, 0.25) is 0 Å². The Balaban J connectivity index is 1.85. The number of aliphatic hydroxyl groups is 1. The van der Waals surface area contributed by atoms with Gasteiger partial charge in [0, 0.05) is 24.0 Å². The van der Waals surface area contributed by atoms with Gasteiger partial charge in [0.05, 0.1) is 17.7 Å². The maximum atomic E-state index is 9.96. The van der Waals surface area contributed by atoms with E-state index in [9.17, 15) is 5.11 Å². The van der Waals surface area contributed by atoms with E-state index >= 15 is 0 Å². The molecule has 0 radical (unpaired) electrons. The van der Waals surface area contributed by atoms with Crippen LogP contribution in [0.4, 0.5) is 0 Å². The Bertz CT molecular complexity index is 619. The number of hydrogen-bond acceptors (Lipinski definition) is 2. The minimum Gasteiger partial charge on any atom is -0.388 e. The Labute approximate surface area is 112 Å². The topological polar surface area (TPSA) is 49.0 Å². The van der Waals surface area contributed by atoms with Crippen molar-refractivity contribution >= 4 is 0 Å². The van der Waals surface area contributed by atoms with Crippen molar-refractivity contribution in [3.05, 3.63) is 58.9 Å². The van der Waals surface area contributed by atoms with Crippen molar-refractivity contribution < 1.29 is 5.11 Å². The summed E-state index contributed by atoms with van der Waals surface area (Å²) in [5.41, 5.74) is 4.20. The smallest absolute Gasteiger partial charge is 0.0991 e. The van der Waals surface area contributed by atoms with Crippen LogP contribution in [-0.2, 0) is 13.0 Å². The minimum atomic E-state index is -0.300. The molecule has 1 aromatic carbocycles. The van der Waals surface area contributed by atoms with Gasteiger partial charge in [0.15, 0.2) is 0 Å². The van der Waals surface area contributed by atoms with Crippen LogP contribution in [0.25, 0.3) is 0 Å². The summed E-state index contributed by atoms with van der Waals surface area (Å²) in [5, 5.41) is 18.7. The number of aliphatic hydroxyl groups excluding tert-OH is 1.